The molecule has 0 aromatic carbocycles. The molecule has 0 bridgehead atoms. The summed E-state index contributed by atoms with van der Waals surface area (Å²) in [4.78, 5) is 59.1. The zero-order valence-corrected chi connectivity index (χ0v) is 76.2. The summed E-state index contributed by atoms with van der Waals surface area (Å²) >= 11 is 0. The molecule has 0 radical (unpaired) electrons. The third-order valence-corrected chi connectivity index (χ3v) is 20.9. The van der Waals surface area contributed by atoms with E-state index >= 15 is 0 Å². The van der Waals surface area contributed by atoms with Crippen molar-refractivity contribution in [1.29, 1.82) is 0 Å². The first-order valence-electron chi connectivity index (χ1n) is 46.4. The van der Waals surface area contributed by atoms with Crippen LogP contribution >= 0.6 is 15.6 Å². The number of hydrogen-bond donors (Lipinski definition) is 4. The van der Waals surface area contributed by atoms with Crippen LogP contribution < -0.4 is 0 Å². The molecule has 0 heterocycles. The molecule has 16 nitrogen and oxygen atoms in total. The average Bonchev–Trinajstić information content (AvgIpc) is 0.903. The van der Waals surface area contributed by atoms with Crippen molar-refractivity contribution in [1.82, 2.24) is 0 Å². The number of allylic oxidation sites excluding steroid dienone is 34. The van der Waals surface area contributed by atoms with E-state index in [0.717, 1.165) is 231 Å². The van der Waals surface area contributed by atoms with Gasteiger partial charge >= 0.3 is 33.6 Å². The number of aliphatic hydroxyl groups is 2. The van der Waals surface area contributed by atoms with Gasteiger partial charge in [0.1, 0.15) is 25.4 Å². The van der Waals surface area contributed by atoms with Crippen LogP contribution in [0, 0.1) is 0 Å². The minimum Gasteiger partial charge on any atom is -0.463 e. The molecule has 18 heteroatoms. The van der Waals surface area contributed by atoms with Crippen LogP contribution in [0.5, 0.6) is 0 Å². The highest BCUT2D eigenvalue weighted by Gasteiger charge is 2.29. The summed E-state index contributed by atoms with van der Waals surface area (Å²) < 4.78 is 61.5. The van der Waals surface area contributed by atoms with Gasteiger partial charge in [0.25, 0.3) is 0 Å². The fourth-order valence-electron chi connectivity index (χ4n) is 12.1. The van der Waals surface area contributed by atoms with Gasteiger partial charge in [0.15, 0.2) is 6.10 Å². The first-order valence-corrected chi connectivity index (χ1v) is 49.4. The van der Waals surface area contributed by atoms with Crippen molar-refractivity contribution in [3.63, 3.8) is 0 Å². The molecule has 0 saturated carbocycles. The summed E-state index contributed by atoms with van der Waals surface area (Å²) in [6.07, 6.45) is 123. The first-order chi connectivity index (χ1) is 58.2. The molecule has 4 N–H and O–H groups in total. The molecule has 119 heavy (non-hydrogen) atoms. The van der Waals surface area contributed by atoms with E-state index in [2.05, 4.69) is 227 Å². The van der Waals surface area contributed by atoms with Crippen molar-refractivity contribution in [3.8, 4) is 0 Å². The van der Waals surface area contributed by atoms with Crippen molar-refractivity contribution in [2.24, 2.45) is 0 Å². The van der Waals surface area contributed by atoms with Gasteiger partial charge in [0, 0.05) is 19.3 Å². The summed E-state index contributed by atoms with van der Waals surface area (Å²) in [7, 11) is -9.83. The molecule has 0 saturated heterocycles. The Morgan fingerprint density at radius 2 is 0.420 bits per heavy atom. The number of ether oxygens (including phenoxy) is 3. The number of carbonyl (C=O) groups excluding carboxylic acids is 3. The number of rotatable bonds is 86. The summed E-state index contributed by atoms with van der Waals surface area (Å²) in [5.74, 6) is -1.60. The second kappa shape index (κ2) is 91.3. The fourth-order valence-corrected chi connectivity index (χ4v) is 13.7. The van der Waals surface area contributed by atoms with Crippen molar-refractivity contribution in [2.75, 3.05) is 39.6 Å². The van der Waals surface area contributed by atoms with Gasteiger partial charge in [-0.3, -0.25) is 32.5 Å². The first kappa shape index (κ1) is 113. The van der Waals surface area contributed by atoms with Crippen LogP contribution in [0.2, 0.25) is 0 Å². The van der Waals surface area contributed by atoms with Gasteiger partial charge in [0.05, 0.1) is 26.4 Å². The highest BCUT2D eigenvalue weighted by atomic mass is 31.2. The van der Waals surface area contributed by atoms with Gasteiger partial charge in [-0.2, -0.15) is 0 Å². The van der Waals surface area contributed by atoms with E-state index in [0.29, 0.717) is 19.3 Å². The summed E-state index contributed by atoms with van der Waals surface area (Å²) in [5, 5.41) is 20.7. The Morgan fingerprint density at radius 3 is 0.664 bits per heavy atom. The molecule has 5 atom stereocenters. The van der Waals surface area contributed by atoms with Gasteiger partial charge in [-0.1, -0.05) is 375 Å². The zero-order valence-electron chi connectivity index (χ0n) is 74.5. The third-order valence-electron chi connectivity index (χ3n) is 19.0. The van der Waals surface area contributed by atoms with E-state index in [1.54, 1.807) is 0 Å². The molecule has 0 amide bonds. The van der Waals surface area contributed by atoms with Crippen LogP contribution in [0.4, 0.5) is 0 Å². The molecule has 0 spiro atoms. The highest BCUT2D eigenvalue weighted by molar-refractivity contribution is 7.47. The minimum atomic E-state index is -4.96. The number of unbranched alkanes of at least 4 members (excludes halogenated alkanes) is 29. The lowest BCUT2D eigenvalue weighted by Gasteiger charge is -2.21. The average molecular weight is 1700 g/mol. The van der Waals surface area contributed by atoms with E-state index in [-0.39, 0.29) is 19.3 Å². The molecule has 0 aliphatic heterocycles. The van der Waals surface area contributed by atoms with Crippen LogP contribution in [0.3, 0.4) is 0 Å². The van der Waals surface area contributed by atoms with Gasteiger partial charge in [-0.05, 0) is 167 Å². The molecular weight excluding hydrogens is 1530 g/mol. The Kier molecular flexibility index (Phi) is 86.8. The topological polar surface area (TPSA) is 231 Å². The van der Waals surface area contributed by atoms with Crippen LogP contribution in [0.1, 0.15) is 355 Å². The van der Waals surface area contributed by atoms with Gasteiger partial charge in [-0.25, -0.2) is 9.13 Å². The van der Waals surface area contributed by atoms with E-state index in [1.165, 1.54) is 64.2 Å². The fraction of sp³-hybridized carbons (Fsp3) is 0.634. The number of phosphoric acid groups is 2. The quantitative estimate of drug-likeness (QED) is 0.0146. The van der Waals surface area contributed by atoms with Crippen molar-refractivity contribution in [3.05, 3.63) is 207 Å². The Labute approximate surface area is 724 Å². The Bertz CT molecular complexity index is 2990. The Hall–Kier alpha value is -5.87. The smallest absolute Gasteiger partial charge is 0.463 e. The molecule has 0 aromatic heterocycles. The maximum Gasteiger partial charge on any atom is 0.472 e. The lowest BCUT2D eigenvalue weighted by atomic mass is 10.0. The predicted octanol–water partition coefficient (Wildman–Crippen LogP) is 28.8. The van der Waals surface area contributed by atoms with E-state index in [4.69, 9.17) is 32.3 Å². The zero-order chi connectivity index (χ0) is 86.5. The number of esters is 3. The van der Waals surface area contributed by atoms with Crippen molar-refractivity contribution in [2.45, 2.75) is 373 Å². The maximum atomic E-state index is 13.1. The lowest BCUT2D eigenvalue weighted by molar-refractivity contribution is -0.161. The molecule has 0 fully saturated rings. The molecule has 0 aliphatic rings. The van der Waals surface area contributed by atoms with E-state index < -0.39 is 91.5 Å². The predicted molar refractivity (Wildman–Crippen MR) is 500 cm³/mol. The number of phosphoric ester groups is 2. The molecule has 5 unspecified atom stereocenters. The summed E-state index contributed by atoms with van der Waals surface area (Å²) in [6.45, 7) is 2.34. The second-order valence-corrected chi connectivity index (χ2v) is 33.2. The van der Waals surface area contributed by atoms with Gasteiger partial charge < -0.3 is 34.2 Å². The second-order valence-electron chi connectivity index (χ2n) is 30.3. The summed E-state index contributed by atoms with van der Waals surface area (Å²) in [5.41, 5.74) is 0. The van der Waals surface area contributed by atoms with E-state index in [9.17, 15) is 43.5 Å². The molecule has 0 rings (SSSR count). The minimum absolute atomic E-state index is 0.0843. The largest absolute Gasteiger partial charge is 0.472 e. The summed E-state index contributed by atoms with van der Waals surface area (Å²) in [6, 6.07) is 0. The molecule has 0 aliphatic carbocycles. The molecular formula is C101H166O16P2. The maximum absolute atomic E-state index is 13.1. The molecule has 676 valence electrons. The van der Waals surface area contributed by atoms with Crippen molar-refractivity contribution < 1.29 is 75.8 Å². The highest BCUT2D eigenvalue weighted by Crippen LogP contribution is 2.45. The standard InChI is InChI=1S/C101H166O16P2/c1-4-7-10-13-16-19-22-25-28-31-34-37-40-43-46-47-50-52-54-57-60-63-66-69-72-75-78-81-84-87-99(104)111-90-96(102)91-113-118(107,108)114-92-97(103)93-115-119(109,110)116-95-98(117-101(106)89-86-83-80-77-74-71-68-65-62-59-56-53-49-45-42-39-36-33-30-27-24-21-18-15-12-9-6-3)94-112-100(105)88-85-82-79-76-73-70-67-64-61-58-55-51-48-44-41-38-35-32-29-26-23-20-17-14-11-8-5-2/h7-12,16-21,25-30,34-39,43-46,48-49,55-56,58-59,96-98,102-103H,4-6,13-15,22-24,31-33,40-42,47,50-54,57,60-95H2,1-3H3,(H,107,108)(H,109,110)/b10-7-,11-8-,12-9-,19-16-,20-17-,21-18-,28-25-,29-26-,30-27-,37-34-,38-35-,39-36-,46-43-,48-44-,49-45-,58-55-,59-56-. The number of aliphatic hydroxyl groups excluding tert-OH is 2. The Balaban J connectivity index is 4.70. The van der Waals surface area contributed by atoms with Crippen molar-refractivity contribution >= 4 is 33.6 Å². The number of hydrogen-bond acceptors (Lipinski definition) is 14. The van der Waals surface area contributed by atoms with Gasteiger partial charge in [0.2, 0.25) is 0 Å². The normalized spacial score (nSPS) is 14.7. The van der Waals surface area contributed by atoms with E-state index in [1.807, 2.05) is 0 Å². The van der Waals surface area contributed by atoms with Crippen LogP contribution in [0.25, 0.3) is 0 Å². The van der Waals surface area contributed by atoms with Gasteiger partial charge in [-0.15, -0.1) is 0 Å². The van der Waals surface area contributed by atoms with Crippen LogP contribution in [-0.4, -0.2) is 95.9 Å². The lowest BCUT2D eigenvalue weighted by Crippen LogP contribution is -2.30. The van der Waals surface area contributed by atoms with Crippen LogP contribution in [0.15, 0.2) is 207 Å². The third kappa shape index (κ3) is 92.7. The number of carbonyl (C=O) groups is 3. The SMILES string of the molecule is CC/C=C\C/C=C\C/C=C\C/C=C\C/C=C\C/C=C\CCCCCCCCCCC(=O)OCC(COP(=O)(O)OCC(O)COP(=O)(O)OCC(O)COC(=O)CCCCCCCCCCCCCCC/C=C\C/C=C\C/C=C\C/C=C\C/C=C\CC)OC(=O)CCCCCCCCCC/C=C\C/C=C\C/C=C\C/C=C\C/C=C\C/C=C\CC. The Morgan fingerprint density at radius 1 is 0.235 bits per heavy atom. The molecule has 0 aromatic rings. The monoisotopic (exact) mass is 1700 g/mol. The van der Waals surface area contributed by atoms with Crippen LogP contribution in [-0.2, 0) is 55.8 Å².